The molecule has 0 aliphatic carbocycles. The maximum atomic E-state index is 6.21. The maximum Gasteiger partial charge on any atom is 0.0330 e. The van der Waals surface area contributed by atoms with Gasteiger partial charge in [-0.2, -0.15) is 11.3 Å². The van der Waals surface area contributed by atoms with Gasteiger partial charge in [0.25, 0.3) is 0 Å². The second-order valence-corrected chi connectivity index (χ2v) is 7.00. The van der Waals surface area contributed by atoms with E-state index in [1.165, 1.54) is 67.8 Å². The van der Waals surface area contributed by atoms with Crippen LogP contribution in [0.2, 0.25) is 0 Å². The molecule has 1 aromatic heterocycles. The molecule has 0 aromatic carbocycles. The van der Waals surface area contributed by atoms with Crippen LogP contribution in [0, 0.1) is 0 Å². The molecule has 110 valence electrons. The first-order valence-electron chi connectivity index (χ1n) is 7.73. The highest BCUT2D eigenvalue weighted by Gasteiger charge is 2.09. The highest BCUT2D eigenvalue weighted by molar-refractivity contribution is 9.10. The number of thiophene rings is 1. The van der Waals surface area contributed by atoms with Crippen LogP contribution in [-0.4, -0.2) is 0 Å². The van der Waals surface area contributed by atoms with Gasteiger partial charge in [0.15, 0.2) is 0 Å². The van der Waals surface area contributed by atoms with Crippen LogP contribution in [0.3, 0.4) is 0 Å². The topological polar surface area (TPSA) is 26.0 Å². The largest absolute Gasteiger partial charge is 0.324 e. The SMILES string of the molecule is CCCCCCCCCCCC(N)c1cscc1Br. The van der Waals surface area contributed by atoms with E-state index in [0.717, 1.165) is 6.42 Å². The molecule has 0 amide bonds. The van der Waals surface area contributed by atoms with Crippen molar-refractivity contribution in [2.24, 2.45) is 5.73 Å². The molecule has 0 spiro atoms. The van der Waals surface area contributed by atoms with Crippen LogP contribution >= 0.6 is 27.3 Å². The first-order valence-corrected chi connectivity index (χ1v) is 9.46. The Morgan fingerprint density at radius 1 is 1.00 bits per heavy atom. The second-order valence-electron chi connectivity index (χ2n) is 5.40. The second kappa shape index (κ2) is 10.9. The van der Waals surface area contributed by atoms with Gasteiger partial charge in [0, 0.05) is 15.9 Å². The van der Waals surface area contributed by atoms with Crippen LogP contribution in [0.4, 0.5) is 0 Å². The Bertz CT molecular complexity index is 324. The Labute approximate surface area is 131 Å². The summed E-state index contributed by atoms with van der Waals surface area (Å²) in [6.45, 7) is 2.27. The first-order chi connectivity index (χ1) is 9.25. The first kappa shape index (κ1) is 17.2. The summed E-state index contributed by atoms with van der Waals surface area (Å²) in [6.07, 6.45) is 13.5. The summed E-state index contributed by atoms with van der Waals surface area (Å²) in [7, 11) is 0. The lowest BCUT2D eigenvalue weighted by Gasteiger charge is -2.10. The lowest BCUT2D eigenvalue weighted by Crippen LogP contribution is -2.09. The summed E-state index contributed by atoms with van der Waals surface area (Å²) < 4.78 is 1.18. The summed E-state index contributed by atoms with van der Waals surface area (Å²) in [5.74, 6) is 0. The van der Waals surface area contributed by atoms with Gasteiger partial charge in [-0.1, -0.05) is 64.7 Å². The maximum absolute atomic E-state index is 6.21. The number of halogens is 1. The summed E-state index contributed by atoms with van der Waals surface area (Å²) in [5, 5.41) is 4.29. The van der Waals surface area contributed by atoms with Gasteiger partial charge in [-0.3, -0.25) is 0 Å². The van der Waals surface area contributed by atoms with E-state index in [-0.39, 0.29) is 6.04 Å². The molecule has 1 rings (SSSR count). The van der Waals surface area contributed by atoms with Gasteiger partial charge in [0.2, 0.25) is 0 Å². The van der Waals surface area contributed by atoms with Gasteiger partial charge >= 0.3 is 0 Å². The molecule has 0 aliphatic heterocycles. The highest BCUT2D eigenvalue weighted by Crippen LogP contribution is 2.28. The van der Waals surface area contributed by atoms with Crippen molar-refractivity contribution >= 4 is 27.3 Å². The molecule has 0 fully saturated rings. The highest BCUT2D eigenvalue weighted by atomic mass is 79.9. The molecule has 1 unspecified atom stereocenters. The molecular formula is C16H28BrNS. The average Bonchev–Trinajstić information content (AvgIpc) is 2.83. The van der Waals surface area contributed by atoms with E-state index in [1.54, 1.807) is 11.3 Å². The van der Waals surface area contributed by atoms with E-state index in [9.17, 15) is 0 Å². The van der Waals surface area contributed by atoms with Gasteiger partial charge in [0.05, 0.1) is 0 Å². The zero-order valence-electron chi connectivity index (χ0n) is 12.2. The normalized spacial score (nSPS) is 12.8. The Morgan fingerprint density at radius 2 is 1.58 bits per heavy atom. The number of unbranched alkanes of at least 4 members (excludes halogenated alkanes) is 8. The van der Waals surface area contributed by atoms with Crippen LogP contribution in [-0.2, 0) is 0 Å². The monoisotopic (exact) mass is 345 g/mol. The summed E-state index contributed by atoms with van der Waals surface area (Å²) in [4.78, 5) is 0. The molecular weight excluding hydrogens is 318 g/mol. The van der Waals surface area contributed by atoms with Crippen molar-refractivity contribution < 1.29 is 0 Å². The third-order valence-electron chi connectivity index (χ3n) is 3.66. The van der Waals surface area contributed by atoms with Crippen molar-refractivity contribution in [3.05, 3.63) is 20.8 Å². The smallest absolute Gasteiger partial charge is 0.0330 e. The average molecular weight is 346 g/mol. The summed E-state index contributed by atoms with van der Waals surface area (Å²) >= 11 is 5.29. The third-order valence-corrected chi connectivity index (χ3v) is 5.41. The van der Waals surface area contributed by atoms with Crippen LogP contribution < -0.4 is 5.73 Å². The molecule has 19 heavy (non-hydrogen) atoms. The van der Waals surface area contributed by atoms with Gasteiger partial charge in [-0.15, -0.1) is 0 Å². The number of hydrogen-bond acceptors (Lipinski definition) is 2. The van der Waals surface area contributed by atoms with Gasteiger partial charge in [-0.25, -0.2) is 0 Å². The molecule has 1 atom stereocenters. The zero-order valence-corrected chi connectivity index (χ0v) is 14.6. The van der Waals surface area contributed by atoms with Crippen molar-refractivity contribution in [1.82, 2.24) is 0 Å². The van der Waals surface area contributed by atoms with Crippen LogP contribution in [0.25, 0.3) is 0 Å². The Balaban J connectivity index is 1.95. The standard InChI is InChI=1S/C16H28BrNS/c1-2-3-4-5-6-7-8-9-10-11-16(18)14-12-19-13-15(14)17/h12-13,16H,2-11,18H2,1H3. The molecule has 1 aromatic rings. The molecule has 0 bridgehead atoms. The quantitative estimate of drug-likeness (QED) is 0.459. The van der Waals surface area contributed by atoms with E-state index >= 15 is 0 Å². The van der Waals surface area contributed by atoms with E-state index in [2.05, 4.69) is 33.6 Å². The van der Waals surface area contributed by atoms with Crippen molar-refractivity contribution in [1.29, 1.82) is 0 Å². The Kier molecular flexibility index (Phi) is 9.84. The van der Waals surface area contributed by atoms with E-state index in [4.69, 9.17) is 5.73 Å². The third kappa shape index (κ3) is 7.48. The minimum Gasteiger partial charge on any atom is -0.324 e. The fraction of sp³-hybridized carbons (Fsp3) is 0.750. The minimum absolute atomic E-state index is 0.213. The van der Waals surface area contributed by atoms with Crippen molar-refractivity contribution in [2.45, 2.75) is 77.2 Å². The summed E-state index contributed by atoms with van der Waals surface area (Å²) in [5.41, 5.74) is 7.49. The molecule has 0 aliphatic rings. The zero-order chi connectivity index (χ0) is 13.9. The fourth-order valence-corrected chi connectivity index (χ4v) is 4.04. The molecule has 2 N–H and O–H groups in total. The van der Waals surface area contributed by atoms with Crippen molar-refractivity contribution in [3.8, 4) is 0 Å². The van der Waals surface area contributed by atoms with Crippen LogP contribution in [0.15, 0.2) is 15.2 Å². The predicted molar refractivity (Wildman–Crippen MR) is 90.8 cm³/mol. The van der Waals surface area contributed by atoms with Gasteiger partial charge < -0.3 is 5.73 Å². The molecule has 1 heterocycles. The van der Waals surface area contributed by atoms with Gasteiger partial charge in [0.1, 0.15) is 0 Å². The molecule has 1 nitrogen and oxygen atoms in total. The predicted octanol–water partition coefficient (Wildman–Crippen LogP) is 6.43. The lowest BCUT2D eigenvalue weighted by atomic mass is 10.0. The molecule has 0 saturated carbocycles. The Morgan fingerprint density at radius 3 is 2.11 bits per heavy atom. The Hall–Kier alpha value is 0.140. The lowest BCUT2D eigenvalue weighted by molar-refractivity contribution is 0.532. The van der Waals surface area contributed by atoms with Crippen molar-refractivity contribution in [2.75, 3.05) is 0 Å². The molecule has 0 saturated heterocycles. The van der Waals surface area contributed by atoms with Gasteiger partial charge in [-0.05, 0) is 33.3 Å². The van der Waals surface area contributed by atoms with E-state index < -0.39 is 0 Å². The molecule has 3 heteroatoms. The minimum atomic E-state index is 0.213. The van der Waals surface area contributed by atoms with Crippen molar-refractivity contribution in [3.63, 3.8) is 0 Å². The molecule has 0 radical (unpaired) electrons. The fourth-order valence-electron chi connectivity index (χ4n) is 2.39. The number of hydrogen-bond donors (Lipinski definition) is 1. The van der Waals surface area contributed by atoms with Crippen LogP contribution in [0.5, 0.6) is 0 Å². The van der Waals surface area contributed by atoms with E-state index in [1.807, 2.05) is 0 Å². The van der Waals surface area contributed by atoms with E-state index in [0.29, 0.717) is 0 Å². The number of nitrogens with two attached hydrogens (primary N) is 1. The summed E-state index contributed by atoms with van der Waals surface area (Å²) in [6, 6.07) is 0.213. The van der Waals surface area contributed by atoms with Crippen LogP contribution in [0.1, 0.15) is 82.7 Å². The number of rotatable bonds is 11.